The molecule has 0 fully saturated rings. The zero-order valence-electron chi connectivity index (χ0n) is 7.23. The summed E-state index contributed by atoms with van der Waals surface area (Å²) in [6.45, 7) is 0.888. The molecule has 0 aromatic heterocycles. The molecular weight excluding hydrogens is 164 g/mol. The van der Waals surface area contributed by atoms with Crippen molar-refractivity contribution < 1.29 is 24.4 Å². The Bertz CT molecular complexity index is 87.9. The number of aliphatic hydroxyl groups is 2. The minimum absolute atomic E-state index is 0.0868. The lowest BCUT2D eigenvalue weighted by molar-refractivity contribution is -0.0929. The predicted octanol–water partition coefficient (Wildman–Crippen LogP) is -1.02. The van der Waals surface area contributed by atoms with Crippen molar-refractivity contribution in [1.29, 1.82) is 0 Å². The van der Waals surface area contributed by atoms with E-state index in [9.17, 15) is 0 Å². The molecule has 0 saturated heterocycles. The summed E-state index contributed by atoms with van der Waals surface area (Å²) in [6, 6.07) is 0. The maximum Gasteiger partial charge on any atom is 0.146 e. The Morgan fingerprint density at radius 3 is 2.58 bits per heavy atom. The first kappa shape index (κ1) is 11.8. The highest BCUT2D eigenvalue weighted by Gasteiger charge is 2.00. The molecule has 12 heavy (non-hydrogen) atoms. The Balaban J connectivity index is 2.90. The fourth-order valence-corrected chi connectivity index (χ4v) is 0.497. The molecule has 2 N–H and O–H groups in total. The summed E-state index contributed by atoms with van der Waals surface area (Å²) in [5, 5.41) is 17.2. The molecule has 5 heteroatoms. The van der Waals surface area contributed by atoms with Gasteiger partial charge in [-0.2, -0.15) is 0 Å². The van der Waals surface area contributed by atoms with E-state index in [-0.39, 0.29) is 20.0 Å². The van der Waals surface area contributed by atoms with Gasteiger partial charge in [0.25, 0.3) is 0 Å². The van der Waals surface area contributed by atoms with Gasteiger partial charge in [-0.15, -0.1) is 0 Å². The summed E-state index contributed by atoms with van der Waals surface area (Å²) in [5.74, 6) is 0. The quantitative estimate of drug-likeness (QED) is 0.369. The first-order valence-corrected chi connectivity index (χ1v) is 3.74. The molecule has 0 aliphatic rings. The van der Waals surface area contributed by atoms with Crippen molar-refractivity contribution in [3.05, 3.63) is 0 Å². The topological polar surface area (TPSA) is 68.2 Å². The van der Waals surface area contributed by atoms with E-state index < -0.39 is 6.10 Å². The van der Waals surface area contributed by atoms with Crippen LogP contribution >= 0.6 is 0 Å². The average molecular weight is 180 g/mol. The Morgan fingerprint density at radius 2 is 2.00 bits per heavy atom. The third-order valence-corrected chi connectivity index (χ3v) is 1.12. The maximum atomic E-state index is 8.81. The Hall–Kier alpha value is -0.200. The zero-order valence-corrected chi connectivity index (χ0v) is 7.23. The molecule has 0 aliphatic heterocycles. The van der Waals surface area contributed by atoms with Crippen molar-refractivity contribution in [1.82, 2.24) is 0 Å². The van der Waals surface area contributed by atoms with Gasteiger partial charge in [0.15, 0.2) is 0 Å². The first-order chi connectivity index (χ1) is 5.81. The third-order valence-electron chi connectivity index (χ3n) is 1.12. The second-order valence-corrected chi connectivity index (χ2v) is 2.23. The SMILES string of the molecule is COCCOCOC[C@H](O)CO. The number of rotatable bonds is 8. The Morgan fingerprint density at radius 1 is 1.25 bits per heavy atom. The van der Waals surface area contributed by atoms with Gasteiger partial charge in [0, 0.05) is 7.11 Å². The largest absolute Gasteiger partial charge is 0.394 e. The Labute approximate surface area is 71.9 Å². The highest BCUT2D eigenvalue weighted by atomic mass is 16.7. The van der Waals surface area contributed by atoms with Gasteiger partial charge in [-0.25, -0.2) is 0 Å². The highest BCUT2D eigenvalue weighted by molar-refractivity contribution is 4.46. The summed E-state index contributed by atoms with van der Waals surface area (Å²) in [5.41, 5.74) is 0. The predicted molar refractivity (Wildman–Crippen MR) is 41.7 cm³/mol. The van der Waals surface area contributed by atoms with Crippen LogP contribution < -0.4 is 0 Å². The standard InChI is InChI=1S/C7H16O5/c1-10-2-3-11-6-12-5-7(9)4-8/h7-9H,2-6H2,1H3/t7-/m1/s1. The Kier molecular flexibility index (Phi) is 8.74. The van der Waals surface area contributed by atoms with Gasteiger partial charge in [0.05, 0.1) is 26.4 Å². The van der Waals surface area contributed by atoms with Crippen LogP contribution in [0.2, 0.25) is 0 Å². The lowest BCUT2D eigenvalue weighted by Crippen LogP contribution is -2.20. The molecule has 0 saturated carbocycles. The molecule has 0 aromatic rings. The average Bonchev–Trinajstić information content (AvgIpc) is 2.10. The van der Waals surface area contributed by atoms with E-state index in [0.29, 0.717) is 13.2 Å². The van der Waals surface area contributed by atoms with E-state index in [2.05, 4.69) is 0 Å². The molecule has 0 spiro atoms. The van der Waals surface area contributed by atoms with Crippen molar-refractivity contribution in [2.75, 3.05) is 40.3 Å². The van der Waals surface area contributed by atoms with Gasteiger partial charge in [-0.1, -0.05) is 0 Å². The number of methoxy groups -OCH3 is 1. The van der Waals surface area contributed by atoms with Crippen LogP contribution in [0.25, 0.3) is 0 Å². The molecule has 0 rings (SSSR count). The molecule has 0 aromatic carbocycles. The summed E-state index contributed by atoms with van der Waals surface area (Å²) >= 11 is 0. The van der Waals surface area contributed by atoms with Crippen LogP contribution in [0.1, 0.15) is 0 Å². The smallest absolute Gasteiger partial charge is 0.146 e. The summed E-state index contributed by atoms with van der Waals surface area (Å²) in [4.78, 5) is 0. The molecule has 0 aliphatic carbocycles. The molecule has 0 heterocycles. The van der Waals surface area contributed by atoms with Crippen LogP contribution in [-0.2, 0) is 14.2 Å². The van der Waals surface area contributed by atoms with Gasteiger partial charge in [-0.05, 0) is 0 Å². The van der Waals surface area contributed by atoms with E-state index in [1.54, 1.807) is 7.11 Å². The van der Waals surface area contributed by atoms with E-state index in [1.807, 2.05) is 0 Å². The van der Waals surface area contributed by atoms with Crippen molar-refractivity contribution in [3.63, 3.8) is 0 Å². The zero-order chi connectivity index (χ0) is 9.23. The minimum atomic E-state index is -0.823. The van der Waals surface area contributed by atoms with Crippen LogP contribution in [0.5, 0.6) is 0 Å². The molecule has 0 radical (unpaired) electrons. The van der Waals surface area contributed by atoms with E-state index in [1.165, 1.54) is 0 Å². The van der Waals surface area contributed by atoms with Crippen molar-refractivity contribution in [2.45, 2.75) is 6.10 Å². The highest BCUT2D eigenvalue weighted by Crippen LogP contribution is 1.84. The summed E-state index contributed by atoms with van der Waals surface area (Å²) < 4.78 is 14.5. The van der Waals surface area contributed by atoms with Crippen molar-refractivity contribution in [3.8, 4) is 0 Å². The molecule has 0 bridgehead atoms. The normalized spacial score (nSPS) is 13.2. The van der Waals surface area contributed by atoms with Gasteiger partial charge < -0.3 is 24.4 Å². The van der Waals surface area contributed by atoms with Crippen molar-refractivity contribution in [2.24, 2.45) is 0 Å². The maximum absolute atomic E-state index is 8.81. The number of hydrogen-bond donors (Lipinski definition) is 2. The van der Waals surface area contributed by atoms with Crippen molar-refractivity contribution >= 4 is 0 Å². The van der Waals surface area contributed by atoms with E-state index in [4.69, 9.17) is 24.4 Å². The van der Waals surface area contributed by atoms with Crippen LogP contribution in [0.4, 0.5) is 0 Å². The minimum Gasteiger partial charge on any atom is -0.394 e. The van der Waals surface area contributed by atoms with Gasteiger partial charge in [-0.3, -0.25) is 0 Å². The van der Waals surface area contributed by atoms with Gasteiger partial charge >= 0.3 is 0 Å². The fraction of sp³-hybridized carbons (Fsp3) is 1.00. The molecule has 74 valence electrons. The van der Waals surface area contributed by atoms with Gasteiger partial charge in [0.2, 0.25) is 0 Å². The fourth-order valence-electron chi connectivity index (χ4n) is 0.497. The van der Waals surface area contributed by atoms with Crippen LogP contribution in [-0.4, -0.2) is 56.6 Å². The first-order valence-electron chi connectivity index (χ1n) is 3.74. The lowest BCUT2D eigenvalue weighted by atomic mass is 10.4. The second kappa shape index (κ2) is 8.89. The van der Waals surface area contributed by atoms with Crippen LogP contribution in [0.15, 0.2) is 0 Å². The van der Waals surface area contributed by atoms with E-state index >= 15 is 0 Å². The molecule has 1 atom stereocenters. The second-order valence-electron chi connectivity index (χ2n) is 2.23. The summed E-state index contributed by atoms with van der Waals surface area (Å²) in [7, 11) is 1.58. The molecule has 0 amide bonds. The molecular formula is C7H16O5. The molecule has 5 nitrogen and oxygen atoms in total. The number of ether oxygens (including phenoxy) is 3. The summed E-state index contributed by atoms with van der Waals surface area (Å²) in [6.07, 6.45) is -0.823. The van der Waals surface area contributed by atoms with Gasteiger partial charge in [0.1, 0.15) is 12.9 Å². The number of aliphatic hydroxyl groups excluding tert-OH is 2. The number of hydrogen-bond acceptors (Lipinski definition) is 5. The van der Waals surface area contributed by atoms with Crippen LogP contribution in [0, 0.1) is 0 Å². The lowest BCUT2D eigenvalue weighted by Gasteiger charge is -2.08. The van der Waals surface area contributed by atoms with Crippen LogP contribution in [0.3, 0.4) is 0 Å². The molecule has 0 unspecified atom stereocenters. The third kappa shape index (κ3) is 7.90. The monoisotopic (exact) mass is 180 g/mol. The van der Waals surface area contributed by atoms with E-state index in [0.717, 1.165) is 0 Å².